The van der Waals surface area contributed by atoms with E-state index in [0.717, 1.165) is 5.56 Å². The van der Waals surface area contributed by atoms with Crippen LogP contribution in [0, 0.1) is 23.2 Å². The van der Waals surface area contributed by atoms with Gasteiger partial charge in [-0.1, -0.05) is 53.4 Å². The maximum Gasteiger partial charge on any atom is 0.209 e. The van der Waals surface area contributed by atoms with Gasteiger partial charge in [-0.05, 0) is 55.0 Å². The molecule has 0 amide bonds. The Balaban J connectivity index is 1.43. The zero-order valence-electron chi connectivity index (χ0n) is 20.3. The van der Waals surface area contributed by atoms with Crippen LogP contribution < -0.4 is 5.32 Å². The molecule has 2 unspecified atom stereocenters. The van der Waals surface area contributed by atoms with Crippen molar-refractivity contribution < 1.29 is 15.0 Å². The van der Waals surface area contributed by atoms with Crippen molar-refractivity contribution in [2.75, 3.05) is 5.32 Å². The summed E-state index contributed by atoms with van der Waals surface area (Å²) in [5.41, 5.74) is 1.59. The van der Waals surface area contributed by atoms with Gasteiger partial charge in [-0.25, -0.2) is 15.0 Å². The fraction of sp³-hybridized carbons (Fsp3) is 0.286. The van der Waals surface area contributed by atoms with Gasteiger partial charge in [0, 0.05) is 17.1 Å². The van der Waals surface area contributed by atoms with Crippen LogP contribution in [0.15, 0.2) is 54.9 Å². The Morgan fingerprint density at radius 2 is 1.97 bits per heavy atom. The van der Waals surface area contributed by atoms with Gasteiger partial charge in [0.25, 0.3) is 0 Å². The smallest absolute Gasteiger partial charge is 0.209 e. The number of carbonyl (C=O) groups is 1. The first-order chi connectivity index (χ1) is 18.3. The SMILES string of the molecule is CC(=O)[C@@]12CC1[C@@H](n1cnc3c(NCc4cccc(Cl)c4)nc(C#Cc4ccccc4Cl)nc31)[C@H](O)C2O. The van der Waals surface area contributed by atoms with Crippen LogP contribution in [0.1, 0.15) is 36.3 Å². The van der Waals surface area contributed by atoms with Crippen molar-refractivity contribution in [1.29, 1.82) is 0 Å². The lowest BCUT2D eigenvalue weighted by Crippen LogP contribution is -2.36. The Bertz CT molecular complexity index is 1640. The number of halogens is 2. The quantitative estimate of drug-likeness (QED) is 0.323. The summed E-state index contributed by atoms with van der Waals surface area (Å²) >= 11 is 12.4. The third kappa shape index (κ3) is 4.03. The fourth-order valence-electron chi connectivity index (χ4n) is 5.60. The van der Waals surface area contributed by atoms with E-state index < -0.39 is 23.7 Å². The van der Waals surface area contributed by atoms with Crippen LogP contribution in [0.25, 0.3) is 11.2 Å². The van der Waals surface area contributed by atoms with E-state index in [9.17, 15) is 15.0 Å². The molecule has 38 heavy (non-hydrogen) atoms. The second-order valence-corrected chi connectivity index (χ2v) is 10.6. The molecule has 4 aromatic rings. The molecule has 2 heterocycles. The minimum Gasteiger partial charge on any atom is -0.389 e. The number of aliphatic hydroxyl groups is 2. The molecule has 2 aliphatic rings. The Morgan fingerprint density at radius 1 is 1.16 bits per heavy atom. The highest BCUT2D eigenvalue weighted by Crippen LogP contribution is 2.68. The number of nitrogens with zero attached hydrogens (tertiary/aromatic N) is 4. The number of benzene rings is 2. The Morgan fingerprint density at radius 3 is 2.71 bits per heavy atom. The van der Waals surface area contributed by atoms with Crippen molar-refractivity contribution in [1.82, 2.24) is 19.5 Å². The maximum atomic E-state index is 12.4. The topological polar surface area (TPSA) is 113 Å². The Labute approximate surface area is 228 Å². The van der Waals surface area contributed by atoms with Gasteiger partial charge in [-0.3, -0.25) is 4.79 Å². The number of anilines is 1. The molecule has 2 saturated carbocycles. The van der Waals surface area contributed by atoms with Crippen LogP contribution >= 0.6 is 23.2 Å². The number of aliphatic hydroxyl groups excluding tert-OH is 2. The van der Waals surface area contributed by atoms with Crippen LogP contribution in [-0.2, 0) is 11.3 Å². The number of Topliss-reactive ketones (excluding diaryl/α,β-unsaturated/α-hetero) is 1. The highest BCUT2D eigenvalue weighted by Gasteiger charge is 2.74. The number of hydrogen-bond acceptors (Lipinski definition) is 7. The van der Waals surface area contributed by atoms with Gasteiger partial charge in [0.2, 0.25) is 5.82 Å². The molecule has 0 radical (unpaired) electrons. The average Bonchev–Trinajstić information content (AvgIpc) is 3.44. The van der Waals surface area contributed by atoms with Crippen LogP contribution in [0.3, 0.4) is 0 Å². The van der Waals surface area contributed by atoms with Gasteiger partial charge in [-0.15, -0.1) is 0 Å². The number of ketones is 1. The third-order valence-electron chi connectivity index (χ3n) is 7.60. The molecule has 0 spiro atoms. The third-order valence-corrected chi connectivity index (χ3v) is 8.17. The summed E-state index contributed by atoms with van der Waals surface area (Å²) in [6.45, 7) is 1.89. The minimum atomic E-state index is -1.14. The number of nitrogens with one attached hydrogen (secondary N) is 1. The molecule has 2 aromatic carbocycles. The lowest BCUT2D eigenvalue weighted by molar-refractivity contribution is -0.128. The molecule has 10 heteroatoms. The number of aromatic nitrogens is 4. The monoisotopic (exact) mass is 547 g/mol. The zero-order valence-corrected chi connectivity index (χ0v) is 21.8. The molecule has 192 valence electrons. The van der Waals surface area contributed by atoms with Crippen molar-refractivity contribution in [3.8, 4) is 11.8 Å². The van der Waals surface area contributed by atoms with Crippen LogP contribution in [0.4, 0.5) is 5.82 Å². The van der Waals surface area contributed by atoms with Crippen LogP contribution in [-0.4, -0.2) is 47.7 Å². The predicted molar refractivity (Wildman–Crippen MR) is 144 cm³/mol. The van der Waals surface area contributed by atoms with E-state index in [2.05, 4.69) is 32.1 Å². The van der Waals surface area contributed by atoms with Gasteiger partial charge in [0.15, 0.2) is 17.0 Å². The summed E-state index contributed by atoms with van der Waals surface area (Å²) in [6, 6.07) is 14.1. The first-order valence-corrected chi connectivity index (χ1v) is 12.9. The fourth-order valence-corrected chi connectivity index (χ4v) is 6.00. The molecule has 5 atom stereocenters. The van der Waals surface area contributed by atoms with Gasteiger partial charge >= 0.3 is 0 Å². The van der Waals surface area contributed by atoms with Gasteiger partial charge < -0.3 is 20.1 Å². The normalized spacial score (nSPS) is 25.5. The van der Waals surface area contributed by atoms with Crippen molar-refractivity contribution in [2.24, 2.45) is 11.3 Å². The maximum absolute atomic E-state index is 12.4. The average molecular weight is 548 g/mol. The molecule has 3 N–H and O–H groups in total. The van der Waals surface area contributed by atoms with E-state index in [-0.39, 0.29) is 17.5 Å². The summed E-state index contributed by atoms with van der Waals surface area (Å²) in [5.74, 6) is 6.37. The molecule has 2 fully saturated rings. The number of fused-ring (bicyclic) bond motifs is 2. The summed E-state index contributed by atoms with van der Waals surface area (Å²) in [7, 11) is 0. The summed E-state index contributed by atoms with van der Waals surface area (Å²) in [4.78, 5) is 26.2. The van der Waals surface area contributed by atoms with Crippen molar-refractivity contribution in [3.63, 3.8) is 0 Å². The molecule has 8 nitrogen and oxygen atoms in total. The predicted octanol–water partition coefficient (Wildman–Crippen LogP) is 4.02. The lowest BCUT2D eigenvalue weighted by Gasteiger charge is -2.23. The molecule has 0 bridgehead atoms. The molecule has 2 aromatic heterocycles. The van der Waals surface area contributed by atoms with E-state index in [4.69, 9.17) is 23.2 Å². The number of hydrogen-bond donors (Lipinski definition) is 3. The Kier molecular flexibility index (Phi) is 6.12. The van der Waals surface area contributed by atoms with E-state index in [0.29, 0.717) is 45.6 Å². The largest absolute Gasteiger partial charge is 0.389 e. The van der Waals surface area contributed by atoms with Crippen molar-refractivity contribution >= 4 is 46.0 Å². The first-order valence-electron chi connectivity index (χ1n) is 12.2. The van der Waals surface area contributed by atoms with Crippen molar-refractivity contribution in [2.45, 2.75) is 38.1 Å². The number of rotatable bonds is 5. The summed E-state index contributed by atoms with van der Waals surface area (Å²) in [5, 5.41) is 26.1. The molecule has 0 aliphatic heterocycles. The van der Waals surface area contributed by atoms with Crippen molar-refractivity contribution in [3.05, 3.63) is 81.9 Å². The van der Waals surface area contributed by atoms with Gasteiger partial charge in [-0.2, -0.15) is 0 Å². The minimum absolute atomic E-state index is 0.120. The van der Waals surface area contributed by atoms with E-state index in [1.54, 1.807) is 29.1 Å². The van der Waals surface area contributed by atoms with Gasteiger partial charge in [0.05, 0.1) is 28.9 Å². The number of carbonyl (C=O) groups excluding carboxylic acids is 1. The summed E-state index contributed by atoms with van der Waals surface area (Å²) < 4.78 is 1.73. The molecule has 2 aliphatic carbocycles. The van der Waals surface area contributed by atoms with Gasteiger partial charge in [0.1, 0.15) is 11.9 Å². The standard InChI is InChI=1S/C28H23Cl2N5O3/c1-15(36)28-12-19(28)23(24(37)25(28)38)35-14-32-22-26(31-13-16-5-4-7-18(29)11-16)33-21(34-27(22)35)10-9-17-6-2-3-8-20(17)30/h2-8,11,14,19,23-25,37-38H,12-13H2,1H3,(H,31,33,34)/t19?,23-,24+,25?,28+/m1/s1. The molecule has 0 saturated heterocycles. The highest BCUT2D eigenvalue weighted by molar-refractivity contribution is 6.31. The van der Waals surface area contributed by atoms with E-state index in [1.165, 1.54) is 6.92 Å². The van der Waals surface area contributed by atoms with Crippen LogP contribution in [0.2, 0.25) is 10.0 Å². The highest BCUT2D eigenvalue weighted by atomic mass is 35.5. The second-order valence-electron chi connectivity index (χ2n) is 9.77. The Hall–Kier alpha value is -3.48. The summed E-state index contributed by atoms with van der Waals surface area (Å²) in [6.07, 6.45) is -0.195. The first kappa shape index (κ1) is 24.8. The van der Waals surface area contributed by atoms with Crippen LogP contribution in [0.5, 0.6) is 0 Å². The molecule has 6 rings (SSSR count). The zero-order chi connectivity index (χ0) is 26.6. The lowest BCUT2D eigenvalue weighted by atomic mass is 9.95. The molecular formula is C28H23Cl2N5O3. The number of imidazole rings is 1. The van der Waals surface area contributed by atoms with E-state index >= 15 is 0 Å². The molecular weight excluding hydrogens is 525 g/mol. The van der Waals surface area contributed by atoms with E-state index in [1.807, 2.05) is 30.3 Å². The second kappa shape index (κ2) is 9.37.